The zero-order valence-corrected chi connectivity index (χ0v) is 11.7. The van der Waals surface area contributed by atoms with Crippen molar-refractivity contribution in [2.45, 2.75) is 25.8 Å². The lowest BCUT2D eigenvalue weighted by atomic mass is 10.2. The molecule has 3 rings (SSSR count). The fraction of sp³-hybridized carbons (Fsp3) is 0.500. The van der Waals surface area contributed by atoms with Crippen molar-refractivity contribution in [1.82, 2.24) is 24.6 Å². The van der Waals surface area contributed by atoms with E-state index in [9.17, 15) is 0 Å². The van der Waals surface area contributed by atoms with Crippen LogP contribution in [-0.2, 0) is 7.05 Å². The van der Waals surface area contributed by atoms with Crippen LogP contribution in [0.1, 0.15) is 30.4 Å². The van der Waals surface area contributed by atoms with E-state index in [0.29, 0.717) is 6.04 Å². The Morgan fingerprint density at radius 2 is 2.11 bits per heavy atom. The first-order valence-corrected chi connectivity index (χ1v) is 6.69. The molecule has 1 fully saturated rings. The minimum Gasteiger partial charge on any atom is -0.296 e. The van der Waals surface area contributed by atoms with E-state index in [-0.39, 0.29) is 0 Å². The highest BCUT2D eigenvalue weighted by atomic mass is 15.3. The Balaban J connectivity index is 2.03. The highest BCUT2D eigenvalue weighted by molar-refractivity contribution is 5.54. The molecular weight excluding hydrogens is 238 g/mol. The van der Waals surface area contributed by atoms with E-state index in [1.807, 2.05) is 30.8 Å². The highest BCUT2D eigenvalue weighted by Crippen LogP contribution is 2.29. The number of rotatable bonds is 2. The van der Waals surface area contributed by atoms with Gasteiger partial charge in [-0.15, -0.1) is 0 Å². The third-order valence-corrected chi connectivity index (χ3v) is 3.77. The standard InChI is InChI=1S/C14H19N5/c1-10-9-11(12-6-7-15-19(12)3)17-14(16-10)13-5-4-8-18(13)2/h6-7,9,13H,4-5,8H2,1-3H3. The van der Waals surface area contributed by atoms with Crippen molar-refractivity contribution in [2.24, 2.45) is 7.05 Å². The van der Waals surface area contributed by atoms with Gasteiger partial charge in [-0.1, -0.05) is 0 Å². The zero-order valence-electron chi connectivity index (χ0n) is 11.7. The van der Waals surface area contributed by atoms with Gasteiger partial charge in [-0.3, -0.25) is 9.58 Å². The van der Waals surface area contributed by atoms with Crippen LogP contribution in [-0.4, -0.2) is 38.2 Å². The maximum Gasteiger partial charge on any atom is 0.146 e. The van der Waals surface area contributed by atoms with Crippen LogP contribution in [0.2, 0.25) is 0 Å². The molecule has 0 saturated carbocycles. The van der Waals surface area contributed by atoms with Crippen LogP contribution in [0.15, 0.2) is 18.3 Å². The summed E-state index contributed by atoms with van der Waals surface area (Å²) in [5.74, 6) is 0.941. The van der Waals surface area contributed by atoms with Crippen molar-refractivity contribution in [3.63, 3.8) is 0 Å². The Kier molecular flexibility index (Phi) is 3.06. The Labute approximate surface area is 113 Å². The average molecular weight is 257 g/mol. The van der Waals surface area contributed by atoms with Crippen LogP contribution in [0.3, 0.4) is 0 Å². The van der Waals surface area contributed by atoms with Crippen molar-refractivity contribution in [3.8, 4) is 11.4 Å². The number of hydrogen-bond acceptors (Lipinski definition) is 4. The topological polar surface area (TPSA) is 46.8 Å². The molecule has 0 radical (unpaired) electrons. The van der Waals surface area contributed by atoms with Gasteiger partial charge in [0.05, 0.1) is 17.4 Å². The summed E-state index contributed by atoms with van der Waals surface area (Å²) in [6.07, 6.45) is 4.17. The molecule has 0 aliphatic carbocycles. The largest absolute Gasteiger partial charge is 0.296 e. The number of aryl methyl sites for hydroxylation is 2. The van der Waals surface area contributed by atoms with Gasteiger partial charge in [-0.2, -0.15) is 5.10 Å². The molecular formula is C14H19N5. The van der Waals surface area contributed by atoms with Gasteiger partial charge in [-0.05, 0) is 45.5 Å². The maximum atomic E-state index is 4.76. The molecule has 0 bridgehead atoms. The summed E-state index contributed by atoms with van der Waals surface area (Å²) in [5.41, 5.74) is 3.01. The molecule has 1 atom stereocenters. The van der Waals surface area contributed by atoms with Gasteiger partial charge in [0.25, 0.3) is 0 Å². The first-order valence-electron chi connectivity index (χ1n) is 6.69. The van der Waals surface area contributed by atoms with Crippen molar-refractivity contribution < 1.29 is 0 Å². The molecule has 1 aliphatic heterocycles. The third-order valence-electron chi connectivity index (χ3n) is 3.77. The Bertz CT molecular complexity index is 589. The molecule has 1 aliphatic rings. The first-order chi connectivity index (χ1) is 9.15. The number of aromatic nitrogens is 4. The molecule has 0 N–H and O–H groups in total. The smallest absolute Gasteiger partial charge is 0.146 e. The van der Waals surface area contributed by atoms with E-state index in [0.717, 1.165) is 35.9 Å². The molecule has 0 aromatic carbocycles. The summed E-state index contributed by atoms with van der Waals surface area (Å²) >= 11 is 0. The zero-order chi connectivity index (χ0) is 13.4. The highest BCUT2D eigenvalue weighted by Gasteiger charge is 2.25. The molecule has 0 amide bonds. The summed E-state index contributed by atoms with van der Waals surface area (Å²) in [6.45, 7) is 3.16. The maximum absolute atomic E-state index is 4.76. The first kappa shape index (κ1) is 12.3. The average Bonchev–Trinajstić information content (AvgIpc) is 2.97. The molecule has 3 heterocycles. The third kappa shape index (κ3) is 2.26. The van der Waals surface area contributed by atoms with E-state index in [1.54, 1.807) is 6.20 Å². The van der Waals surface area contributed by atoms with Crippen LogP contribution in [0.5, 0.6) is 0 Å². The number of likely N-dealkylation sites (tertiary alicyclic amines) is 1. The van der Waals surface area contributed by atoms with E-state index in [4.69, 9.17) is 4.98 Å². The lowest BCUT2D eigenvalue weighted by Gasteiger charge is -2.18. The summed E-state index contributed by atoms with van der Waals surface area (Å²) in [4.78, 5) is 11.7. The van der Waals surface area contributed by atoms with Crippen molar-refractivity contribution >= 4 is 0 Å². The van der Waals surface area contributed by atoms with Gasteiger partial charge < -0.3 is 0 Å². The molecule has 2 aromatic heterocycles. The summed E-state index contributed by atoms with van der Waals surface area (Å²) < 4.78 is 1.85. The molecule has 100 valence electrons. The van der Waals surface area contributed by atoms with Gasteiger partial charge in [0, 0.05) is 18.9 Å². The van der Waals surface area contributed by atoms with Gasteiger partial charge >= 0.3 is 0 Å². The normalized spacial score (nSPS) is 20.1. The number of hydrogen-bond donors (Lipinski definition) is 0. The van der Waals surface area contributed by atoms with Crippen molar-refractivity contribution in [1.29, 1.82) is 0 Å². The van der Waals surface area contributed by atoms with E-state index < -0.39 is 0 Å². The minimum absolute atomic E-state index is 0.354. The van der Waals surface area contributed by atoms with Crippen molar-refractivity contribution in [2.75, 3.05) is 13.6 Å². The monoisotopic (exact) mass is 257 g/mol. The molecule has 1 saturated heterocycles. The van der Waals surface area contributed by atoms with Crippen LogP contribution in [0.4, 0.5) is 0 Å². The predicted octanol–water partition coefficient (Wildman–Crippen LogP) is 1.95. The SMILES string of the molecule is Cc1cc(-c2ccnn2C)nc(C2CCCN2C)n1. The molecule has 5 heteroatoms. The van der Waals surface area contributed by atoms with E-state index >= 15 is 0 Å². The minimum atomic E-state index is 0.354. The summed E-state index contributed by atoms with van der Waals surface area (Å²) in [7, 11) is 4.08. The second kappa shape index (κ2) is 4.74. The van der Waals surface area contributed by atoms with Gasteiger partial charge in [0.1, 0.15) is 5.82 Å². The Morgan fingerprint density at radius 1 is 1.26 bits per heavy atom. The van der Waals surface area contributed by atoms with E-state index in [2.05, 4.69) is 22.0 Å². The Hall–Kier alpha value is -1.75. The predicted molar refractivity (Wildman–Crippen MR) is 73.6 cm³/mol. The lowest BCUT2D eigenvalue weighted by molar-refractivity contribution is 0.305. The fourth-order valence-electron chi connectivity index (χ4n) is 2.73. The fourth-order valence-corrected chi connectivity index (χ4v) is 2.73. The van der Waals surface area contributed by atoms with Crippen LogP contribution in [0, 0.1) is 6.92 Å². The second-order valence-electron chi connectivity index (χ2n) is 5.23. The molecule has 5 nitrogen and oxygen atoms in total. The molecule has 2 aromatic rings. The van der Waals surface area contributed by atoms with Crippen molar-refractivity contribution in [3.05, 3.63) is 29.8 Å². The summed E-state index contributed by atoms with van der Waals surface area (Å²) in [5, 5.41) is 4.21. The lowest BCUT2D eigenvalue weighted by Crippen LogP contribution is -2.20. The molecule has 1 unspecified atom stereocenters. The van der Waals surface area contributed by atoms with Crippen LogP contribution >= 0.6 is 0 Å². The van der Waals surface area contributed by atoms with E-state index in [1.165, 1.54) is 6.42 Å². The second-order valence-corrected chi connectivity index (χ2v) is 5.23. The Morgan fingerprint density at radius 3 is 2.74 bits per heavy atom. The van der Waals surface area contributed by atoms with Crippen LogP contribution < -0.4 is 0 Å². The number of nitrogens with zero attached hydrogens (tertiary/aromatic N) is 5. The molecule has 19 heavy (non-hydrogen) atoms. The van der Waals surface area contributed by atoms with Crippen LogP contribution in [0.25, 0.3) is 11.4 Å². The summed E-state index contributed by atoms with van der Waals surface area (Å²) in [6, 6.07) is 4.37. The van der Waals surface area contributed by atoms with Gasteiger partial charge in [0.2, 0.25) is 0 Å². The molecule has 0 spiro atoms. The quantitative estimate of drug-likeness (QED) is 0.825. The van der Waals surface area contributed by atoms with Gasteiger partial charge in [0.15, 0.2) is 0 Å². The van der Waals surface area contributed by atoms with Gasteiger partial charge in [-0.25, -0.2) is 9.97 Å².